The molecule has 1 aromatic rings. The van der Waals surface area contributed by atoms with E-state index in [-0.39, 0.29) is 20.8 Å². The minimum atomic E-state index is -3.74. The summed E-state index contributed by atoms with van der Waals surface area (Å²) >= 11 is 0. The lowest BCUT2D eigenvalue weighted by Crippen LogP contribution is -2.35. The molecule has 0 aliphatic carbocycles. The SMILES string of the molecule is Cc1cc(S(C)(=O)=O)c(C)c(S(=O)(=O)N2CCC(C)(CN)C2)c1. The van der Waals surface area contributed by atoms with Gasteiger partial charge in [-0.3, -0.25) is 0 Å². The number of benzene rings is 1. The van der Waals surface area contributed by atoms with Gasteiger partial charge in [-0.1, -0.05) is 6.92 Å². The summed E-state index contributed by atoms with van der Waals surface area (Å²) < 4.78 is 51.2. The van der Waals surface area contributed by atoms with E-state index in [1.807, 2.05) is 6.92 Å². The maximum Gasteiger partial charge on any atom is 0.243 e. The van der Waals surface area contributed by atoms with E-state index in [0.717, 1.165) is 6.26 Å². The van der Waals surface area contributed by atoms with E-state index in [4.69, 9.17) is 5.73 Å². The van der Waals surface area contributed by atoms with E-state index in [1.54, 1.807) is 13.8 Å². The van der Waals surface area contributed by atoms with Gasteiger partial charge in [0.15, 0.2) is 9.84 Å². The molecule has 1 atom stereocenters. The molecule has 1 heterocycles. The first-order valence-corrected chi connectivity index (χ1v) is 10.8. The number of hydrogen-bond acceptors (Lipinski definition) is 5. The van der Waals surface area contributed by atoms with Gasteiger partial charge in [-0.2, -0.15) is 4.31 Å². The highest BCUT2D eigenvalue weighted by Gasteiger charge is 2.40. The van der Waals surface area contributed by atoms with Crippen LogP contribution in [-0.4, -0.2) is 47.0 Å². The predicted octanol–water partition coefficient (Wildman–Crippen LogP) is 1.07. The Hall–Kier alpha value is -0.960. The fourth-order valence-electron chi connectivity index (χ4n) is 2.94. The van der Waals surface area contributed by atoms with Crippen molar-refractivity contribution in [2.24, 2.45) is 11.1 Å². The summed E-state index contributed by atoms with van der Waals surface area (Å²) in [6.45, 7) is 6.38. The van der Waals surface area contributed by atoms with Gasteiger partial charge in [0.05, 0.1) is 9.79 Å². The summed E-state index contributed by atoms with van der Waals surface area (Å²) in [6, 6.07) is 3.05. The maximum atomic E-state index is 13.0. The minimum absolute atomic E-state index is 0.0665. The summed E-state index contributed by atoms with van der Waals surface area (Å²) in [7, 11) is -7.24. The first-order valence-electron chi connectivity index (χ1n) is 7.42. The van der Waals surface area contributed by atoms with E-state index in [1.165, 1.54) is 16.4 Å². The molecule has 0 saturated carbocycles. The molecule has 0 amide bonds. The molecule has 1 saturated heterocycles. The van der Waals surface area contributed by atoms with E-state index in [2.05, 4.69) is 0 Å². The number of rotatable bonds is 4. The number of sulfonamides is 1. The Morgan fingerprint density at radius 2 is 1.74 bits per heavy atom. The minimum Gasteiger partial charge on any atom is -0.330 e. The van der Waals surface area contributed by atoms with Crippen LogP contribution in [0.15, 0.2) is 21.9 Å². The molecular formula is C15H24N2O4S2. The zero-order valence-electron chi connectivity index (χ0n) is 14.0. The summed E-state index contributed by atoms with van der Waals surface area (Å²) in [5.41, 5.74) is 6.40. The van der Waals surface area contributed by atoms with Crippen molar-refractivity contribution < 1.29 is 16.8 Å². The van der Waals surface area contributed by atoms with Crippen molar-refractivity contribution >= 4 is 19.9 Å². The van der Waals surface area contributed by atoms with E-state index < -0.39 is 19.9 Å². The number of hydrogen-bond donors (Lipinski definition) is 1. The first kappa shape index (κ1) is 18.4. The summed E-state index contributed by atoms with van der Waals surface area (Å²) in [5, 5.41) is 0. The Bertz CT molecular complexity index is 831. The average molecular weight is 361 g/mol. The summed E-state index contributed by atoms with van der Waals surface area (Å²) in [5.74, 6) is 0. The smallest absolute Gasteiger partial charge is 0.243 e. The second kappa shape index (κ2) is 5.84. The topological polar surface area (TPSA) is 97.5 Å². The number of nitrogens with zero attached hydrogens (tertiary/aromatic N) is 1. The van der Waals surface area contributed by atoms with Gasteiger partial charge in [-0.25, -0.2) is 16.8 Å². The van der Waals surface area contributed by atoms with Crippen LogP contribution in [0.1, 0.15) is 24.5 Å². The number of nitrogens with two attached hydrogens (primary N) is 1. The van der Waals surface area contributed by atoms with Crippen molar-refractivity contribution in [3.63, 3.8) is 0 Å². The third-order valence-corrected chi connectivity index (χ3v) is 7.68. The average Bonchev–Trinajstić information content (AvgIpc) is 2.84. The molecule has 1 aromatic carbocycles. The Kier molecular flexibility index (Phi) is 4.67. The van der Waals surface area contributed by atoms with Crippen molar-refractivity contribution in [1.29, 1.82) is 0 Å². The fraction of sp³-hybridized carbons (Fsp3) is 0.600. The van der Waals surface area contributed by atoms with Crippen LogP contribution < -0.4 is 5.73 Å². The number of sulfone groups is 1. The molecule has 130 valence electrons. The molecule has 8 heteroatoms. The van der Waals surface area contributed by atoms with Crippen LogP contribution in [0.5, 0.6) is 0 Å². The zero-order valence-corrected chi connectivity index (χ0v) is 15.6. The molecule has 0 bridgehead atoms. The van der Waals surface area contributed by atoms with Gasteiger partial charge in [-0.15, -0.1) is 0 Å². The van der Waals surface area contributed by atoms with Crippen molar-refractivity contribution in [3.05, 3.63) is 23.3 Å². The van der Waals surface area contributed by atoms with Crippen molar-refractivity contribution in [2.75, 3.05) is 25.9 Å². The highest BCUT2D eigenvalue weighted by molar-refractivity contribution is 7.91. The van der Waals surface area contributed by atoms with Gasteiger partial charge >= 0.3 is 0 Å². The summed E-state index contributed by atoms with van der Waals surface area (Å²) in [6.07, 6.45) is 1.79. The second-order valence-electron chi connectivity index (χ2n) is 6.76. The van der Waals surface area contributed by atoms with Crippen LogP contribution in [0.4, 0.5) is 0 Å². The van der Waals surface area contributed by atoms with Crippen LogP contribution in [-0.2, 0) is 19.9 Å². The van der Waals surface area contributed by atoms with Crippen LogP contribution in [0.25, 0.3) is 0 Å². The lowest BCUT2D eigenvalue weighted by Gasteiger charge is -2.23. The van der Waals surface area contributed by atoms with Gasteiger partial charge in [0.2, 0.25) is 10.0 Å². The van der Waals surface area contributed by atoms with Crippen molar-refractivity contribution in [3.8, 4) is 0 Å². The monoisotopic (exact) mass is 360 g/mol. The molecular weight excluding hydrogens is 336 g/mol. The lowest BCUT2D eigenvalue weighted by molar-refractivity contribution is 0.349. The zero-order chi connectivity index (χ0) is 17.6. The van der Waals surface area contributed by atoms with Crippen molar-refractivity contribution in [2.45, 2.75) is 37.0 Å². The Balaban J connectivity index is 2.56. The van der Waals surface area contributed by atoms with E-state index in [0.29, 0.717) is 31.6 Å². The standard InChI is InChI=1S/C15H24N2O4S2/c1-11-7-13(22(4,18)19)12(2)14(8-11)23(20,21)17-6-5-15(3,9-16)10-17/h7-8H,5-6,9-10,16H2,1-4H3. The molecule has 0 aromatic heterocycles. The molecule has 1 fully saturated rings. The molecule has 6 nitrogen and oxygen atoms in total. The predicted molar refractivity (Wildman–Crippen MR) is 89.6 cm³/mol. The van der Waals surface area contributed by atoms with Crippen LogP contribution >= 0.6 is 0 Å². The highest BCUT2D eigenvalue weighted by Crippen LogP contribution is 2.34. The lowest BCUT2D eigenvalue weighted by atomic mass is 9.90. The molecule has 0 spiro atoms. The molecule has 1 aliphatic rings. The molecule has 23 heavy (non-hydrogen) atoms. The van der Waals surface area contributed by atoms with Gasteiger partial charge in [-0.05, 0) is 55.5 Å². The maximum absolute atomic E-state index is 13.0. The first-order chi connectivity index (χ1) is 10.4. The normalized spacial score (nSPS) is 23.3. The Morgan fingerprint density at radius 1 is 1.17 bits per heavy atom. The molecule has 0 radical (unpaired) electrons. The highest BCUT2D eigenvalue weighted by atomic mass is 32.2. The Morgan fingerprint density at radius 3 is 2.22 bits per heavy atom. The molecule has 2 N–H and O–H groups in total. The van der Waals surface area contributed by atoms with Crippen molar-refractivity contribution in [1.82, 2.24) is 4.31 Å². The van der Waals surface area contributed by atoms with E-state index in [9.17, 15) is 16.8 Å². The fourth-order valence-corrected chi connectivity index (χ4v) is 5.99. The van der Waals surface area contributed by atoms with E-state index >= 15 is 0 Å². The number of aryl methyl sites for hydroxylation is 1. The van der Waals surface area contributed by atoms with Gasteiger partial charge < -0.3 is 5.73 Å². The van der Waals surface area contributed by atoms with Gasteiger partial charge in [0, 0.05) is 19.3 Å². The second-order valence-corrected chi connectivity index (χ2v) is 10.7. The Labute approximate surface area is 138 Å². The third kappa shape index (κ3) is 3.45. The third-order valence-electron chi connectivity index (χ3n) is 4.49. The molecule has 2 rings (SSSR count). The van der Waals surface area contributed by atoms with Crippen LogP contribution in [0, 0.1) is 19.3 Å². The summed E-state index contributed by atoms with van der Waals surface area (Å²) in [4.78, 5) is 0.135. The molecule has 1 aliphatic heterocycles. The largest absolute Gasteiger partial charge is 0.330 e. The molecule has 1 unspecified atom stereocenters. The quantitative estimate of drug-likeness (QED) is 0.866. The van der Waals surface area contributed by atoms with Gasteiger partial charge in [0.1, 0.15) is 0 Å². The van der Waals surface area contributed by atoms with Gasteiger partial charge in [0.25, 0.3) is 0 Å². The van der Waals surface area contributed by atoms with Crippen LogP contribution in [0.3, 0.4) is 0 Å². The van der Waals surface area contributed by atoms with Crippen LogP contribution in [0.2, 0.25) is 0 Å².